The summed E-state index contributed by atoms with van der Waals surface area (Å²) in [6.45, 7) is 0. The molecule has 5 rings (SSSR count). The molecule has 2 heterocycles. The van der Waals surface area contributed by atoms with E-state index in [9.17, 15) is 4.79 Å². The van der Waals surface area contributed by atoms with Crippen LogP contribution in [0.3, 0.4) is 0 Å². The first-order valence-electron chi connectivity index (χ1n) is 9.57. The van der Waals surface area contributed by atoms with Crippen molar-refractivity contribution in [1.82, 2.24) is 10.2 Å². The monoisotopic (exact) mass is 521 g/mol. The molecule has 0 fully saturated rings. The highest BCUT2D eigenvalue weighted by molar-refractivity contribution is 14.1. The van der Waals surface area contributed by atoms with E-state index in [1.54, 1.807) is 0 Å². The van der Waals surface area contributed by atoms with Gasteiger partial charge in [0.1, 0.15) is 0 Å². The predicted octanol–water partition coefficient (Wildman–Crippen LogP) is 4.57. The number of nitrogens with zero attached hydrogens (tertiary/aromatic N) is 3. The van der Waals surface area contributed by atoms with Gasteiger partial charge >= 0.3 is 6.01 Å². The molecule has 4 aromatic rings. The average molecular weight is 521 g/mol. The number of hydrogen-bond donors (Lipinski definition) is 2. The number of hydrogen-bond acceptors (Lipinski definition) is 6. The van der Waals surface area contributed by atoms with Crippen molar-refractivity contribution in [1.29, 1.82) is 0 Å². The fourth-order valence-electron chi connectivity index (χ4n) is 3.32. The molecule has 0 spiro atoms. The Labute approximate surface area is 191 Å². The lowest BCUT2D eigenvalue weighted by molar-refractivity contribution is -0.116. The number of carbonyl (C=O) groups excluding carboxylic acids is 1. The third-order valence-electron chi connectivity index (χ3n) is 4.78. The molecule has 1 aliphatic heterocycles. The van der Waals surface area contributed by atoms with Gasteiger partial charge in [-0.1, -0.05) is 65.8 Å². The van der Waals surface area contributed by atoms with Gasteiger partial charge < -0.3 is 15.1 Å². The molecule has 0 saturated carbocycles. The molecule has 0 bridgehead atoms. The molecule has 152 valence electrons. The molecule has 1 aromatic heterocycles. The molecule has 1 unspecified atom stereocenters. The standard InChI is InChI=1S/C23H16IN5O2/c24-17-12-6-4-10-15(17)22-28-29-23(31-22)27-20-21(30)25-18-13-7-5-11-16(18)19(26-20)14-8-2-1-3-9-14/h1-13,20H,(H,25,30)(H,27,29). The Kier molecular flexibility index (Phi) is 5.21. The van der Waals surface area contributed by atoms with Crippen LogP contribution in [0, 0.1) is 3.57 Å². The first-order chi connectivity index (χ1) is 15.2. The molecule has 1 atom stereocenters. The van der Waals surface area contributed by atoms with Crippen LogP contribution in [-0.2, 0) is 4.79 Å². The second-order valence-electron chi connectivity index (χ2n) is 6.82. The smallest absolute Gasteiger partial charge is 0.317 e. The van der Waals surface area contributed by atoms with Crippen LogP contribution in [0.2, 0.25) is 0 Å². The van der Waals surface area contributed by atoms with Crippen molar-refractivity contribution in [2.75, 3.05) is 10.6 Å². The quantitative estimate of drug-likeness (QED) is 0.384. The Hall–Kier alpha value is -3.53. The summed E-state index contributed by atoms with van der Waals surface area (Å²) in [5, 5.41) is 14.1. The Morgan fingerprint density at radius 3 is 2.39 bits per heavy atom. The molecular weight excluding hydrogens is 505 g/mol. The molecule has 0 radical (unpaired) electrons. The zero-order chi connectivity index (χ0) is 21.2. The molecular formula is C23H16IN5O2. The Morgan fingerprint density at radius 1 is 0.871 bits per heavy atom. The number of halogens is 1. The first-order valence-corrected chi connectivity index (χ1v) is 10.7. The number of rotatable bonds is 4. The number of aliphatic imine (C=N–C) groups is 1. The highest BCUT2D eigenvalue weighted by atomic mass is 127. The molecule has 0 aliphatic carbocycles. The summed E-state index contributed by atoms with van der Waals surface area (Å²) in [5.41, 5.74) is 3.98. The van der Waals surface area contributed by atoms with E-state index in [-0.39, 0.29) is 11.9 Å². The zero-order valence-corrected chi connectivity index (χ0v) is 18.3. The maximum absolute atomic E-state index is 12.9. The van der Waals surface area contributed by atoms with Gasteiger partial charge in [-0.25, -0.2) is 4.99 Å². The van der Waals surface area contributed by atoms with Gasteiger partial charge in [0.2, 0.25) is 6.17 Å². The summed E-state index contributed by atoms with van der Waals surface area (Å²) < 4.78 is 6.76. The summed E-state index contributed by atoms with van der Waals surface area (Å²) in [6, 6.07) is 25.2. The summed E-state index contributed by atoms with van der Waals surface area (Å²) in [4.78, 5) is 17.6. The molecule has 1 amide bonds. The van der Waals surface area contributed by atoms with Crippen LogP contribution in [0.4, 0.5) is 11.7 Å². The number of amides is 1. The van der Waals surface area contributed by atoms with Crippen molar-refractivity contribution in [3.05, 3.63) is 93.6 Å². The largest absolute Gasteiger partial charge is 0.403 e. The lowest BCUT2D eigenvalue weighted by Gasteiger charge is -2.11. The number of anilines is 2. The van der Waals surface area contributed by atoms with Crippen molar-refractivity contribution < 1.29 is 9.21 Å². The van der Waals surface area contributed by atoms with Gasteiger partial charge in [0.05, 0.1) is 17.0 Å². The van der Waals surface area contributed by atoms with Gasteiger partial charge in [-0.05, 0) is 40.8 Å². The minimum Gasteiger partial charge on any atom is -0.403 e. The van der Waals surface area contributed by atoms with Crippen LogP contribution in [-0.4, -0.2) is 28.0 Å². The number of benzodiazepines with no additional fused rings is 1. The third kappa shape index (κ3) is 3.93. The average Bonchev–Trinajstić information content (AvgIpc) is 3.21. The third-order valence-corrected chi connectivity index (χ3v) is 5.72. The van der Waals surface area contributed by atoms with Crippen molar-refractivity contribution in [3.8, 4) is 11.5 Å². The normalized spacial score (nSPS) is 15.5. The SMILES string of the molecule is O=C1Nc2ccccc2C(c2ccccc2)=NC1Nc1nnc(-c2ccccc2I)o1. The minimum atomic E-state index is -0.939. The number of nitrogens with one attached hydrogen (secondary N) is 2. The number of para-hydroxylation sites is 1. The van der Waals surface area contributed by atoms with E-state index in [1.807, 2.05) is 78.9 Å². The van der Waals surface area contributed by atoms with Crippen molar-refractivity contribution in [3.63, 3.8) is 0 Å². The predicted molar refractivity (Wildman–Crippen MR) is 127 cm³/mol. The fourth-order valence-corrected chi connectivity index (χ4v) is 3.94. The van der Waals surface area contributed by atoms with Gasteiger partial charge in [-0.15, -0.1) is 5.10 Å². The number of aromatic nitrogens is 2. The number of carbonyl (C=O) groups is 1. The molecule has 7 nitrogen and oxygen atoms in total. The van der Waals surface area contributed by atoms with Crippen LogP contribution in [0.25, 0.3) is 11.5 Å². The van der Waals surface area contributed by atoms with E-state index in [0.717, 1.165) is 20.3 Å². The maximum Gasteiger partial charge on any atom is 0.317 e. The topological polar surface area (TPSA) is 92.4 Å². The Morgan fingerprint density at radius 2 is 1.58 bits per heavy atom. The van der Waals surface area contributed by atoms with Gasteiger partial charge in [-0.3, -0.25) is 4.79 Å². The fraction of sp³-hybridized carbons (Fsp3) is 0.0435. The van der Waals surface area contributed by atoms with Gasteiger partial charge in [0, 0.05) is 14.7 Å². The van der Waals surface area contributed by atoms with E-state index in [4.69, 9.17) is 9.41 Å². The second-order valence-corrected chi connectivity index (χ2v) is 7.98. The summed E-state index contributed by atoms with van der Waals surface area (Å²) >= 11 is 2.21. The van der Waals surface area contributed by atoms with Gasteiger partial charge in [0.15, 0.2) is 0 Å². The van der Waals surface area contributed by atoms with Crippen LogP contribution in [0.15, 0.2) is 88.3 Å². The van der Waals surface area contributed by atoms with E-state index in [1.165, 1.54) is 0 Å². The Bertz CT molecular complexity index is 1290. The highest BCUT2D eigenvalue weighted by Crippen LogP contribution is 2.27. The second kappa shape index (κ2) is 8.31. The number of benzene rings is 3. The van der Waals surface area contributed by atoms with Crippen LogP contribution in [0.1, 0.15) is 11.1 Å². The van der Waals surface area contributed by atoms with Crippen LogP contribution < -0.4 is 10.6 Å². The zero-order valence-electron chi connectivity index (χ0n) is 16.1. The minimum absolute atomic E-state index is 0.122. The summed E-state index contributed by atoms with van der Waals surface area (Å²) in [5.74, 6) is 0.0597. The first kappa shape index (κ1) is 19.4. The lowest BCUT2D eigenvalue weighted by atomic mass is 10.0. The van der Waals surface area contributed by atoms with Crippen molar-refractivity contribution in [2.45, 2.75) is 6.17 Å². The molecule has 3 aromatic carbocycles. The van der Waals surface area contributed by atoms with Crippen LogP contribution >= 0.6 is 22.6 Å². The highest BCUT2D eigenvalue weighted by Gasteiger charge is 2.27. The van der Waals surface area contributed by atoms with Crippen LogP contribution in [0.5, 0.6) is 0 Å². The van der Waals surface area contributed by atoms with Crippen molar-refractivity contribution in [2.24, 2.45) is 4.99 Å². The molecule has 0 saturated heterocycles. The van der Waals surface area contributed by atoms with E-state index in [0.29, 0.717) is 17.3 Å². The van der Waals surface area contributed by atoms with Gasteiger partial charge in [0.25, 0.3) is 11.8 Å². The Balaban J connectivity index is 1.51. The van der Waals surface area contributed by atoms with Gasteiger partial charge in [-0.2, -0.15) is 0 Å². The summed E-state index contributed by atoms with van der Waals surface area (Å²) in [6.07, 6.45) is -0.939. The number of fused-ring (bicyclic) bond motifs is 1. The molecule has 2 N–H and O–H groups in total. The van der Waals surface area contributed by atoms with Crippen molar-refractivity contribution >= 4 is 45.9 Å². The van der Waals surface area contributed by atoms with E-state index >= 15 is 0 Å². The van der Waals surface area contributed by atoms with E-state index in [2.05, 4.69) is 43.4 Å². The molecule has 31 heavy (non-hydrogen) atoms. The summed E-state index contributed by atoms with van der Waals surface area (Å²) in [7, 11) is 0. The maximum atomic E-state index is 12.9. The molecule has 1 aliphatic rings. The lowest BCUT2D eigenvalue weighted by Crippen LogP contribution is -2.32. The van der Waals surface area contributed by atoms with E-state index < -0.39 is 6.17 Å². The molecule has 8 heteroatoms.